The van der Waals surface area contributed by atoms with Gasteiger partial charge in [0.05, 0.1) is 13.2 Å². The minimum atomic E-state index is -3.86. The Morgan fingerprint density at radius 1 is 0.424 bits per heavy atom. The molecule has 0 aliphatic carbocycles. The zero-order valence-corrected chi connectivity index (χ0v) is 23.4. The summed E-state index contributed by atoms with van der Waals surface area (Å²) >= 11 is 0. The van der Waals surface area contributed by atoms with Gasteiger partial charge in [0.25, 0.3) is 0 Å². The van der Waals surface area contributed by atoms with Gasteiger partial charge in [-0.2, -0.15) is 0 Å². The van der Waals surface area contributed by atoms with Crippen LogP contribution in [-0.2, 0) is 13.6 Å². The summed E-state index contributed by atoms with van der Waals surface area (Å²) in [7, 11) is -3.86. The lowest BCUT2D eigenvalue weighted by molar-refractivity contribution is 0.145. The smallest absolute Gasteiger partial charge is 0.302 e. The van der Waals surface area contributed by atoms with Crippen molar-refractivity contribution in [3.63, 3.8) is 0 Å². The van der Waals surface area contributed by atoms with Crippen LogP contribution in [0.4, 0.5) is 0 Å². The topological polar surface area (TPSA) is 55.8 Å². The third-order valence-corrected chi connectivity index (χ3v) is 7.52. The van der Waals surface area contributed by atoms with Crippen LogP contribution in [-0.4, -0.2) is 18.1 Å². The van der Waals surface area contributed by atoms with E-state index in [4.69, 9.17) is 9.05 Å². The van der Waals surface area contributed by atoms with Crippen molar-refractivity contribution < 1.29 is 18.5 Å². The number of hydrogen-bond donors (Lipinski definition) is 1. The van der Waals surface area contributed by atoms with E-state index in [2.05, 4.69) is 13.8 Å². The van der Waals surface area contributed by atoms with Crippen LogP contribution in [0.1, 0.15) is 168 Å². The fourth-order valence-corrected chi connectivity index (χ4v) is 5.08. The predicted octanol–water partition coefficient (Wildman–Crippen LogP) is 10.5. The van der Waals surface area contributed by atoms with Crippen LogP contribution in [0.15, 0.2) is 0 Å². The largest absolute Gasteiger partial charge is 0.472 e. The molecule has 0 aromatic carbocycles. The molecule has 0 radical (unpaired) electrons. The molecule has 4 nitrogen and oxygen atoms in total. The summed E-state index contributed by atoms with van der Waals surface area (Å²) in [6, 6.07) is 0. The van der Waals surface area contributed by atoms with E-state index < -0.39 is 7.82 Å². The molecule has 33 heavy (non-hydrogen) atoms. The first-order valence-electron chi connectivity index (χ1n) is 14.7. The summed E-state index contributed by atoms with van der Waals surface area (Å²) in [6.45, 7) is 5.17. The molecule has 200 valence electrons. The summed E-state index contributed by atoms with van der Waals surface area (Å²) < 4.78 is 22.2. The average molecular weight is 491 g/mol. The van der Waals surface area contributed by atoms with Gasteiger partial charge in [0.15, 0.2) is 0 Å². The monoisotopic (exact) mass is 490 g/mol. The number of phosphoric acid groups is 1. The molecule has 0 saturated carbocycles. The van der Waals surface area contributed by atoms with Crippen molar-refractivity contribution in [1.82, 2.24) is 0 Å². The summed E-state index contributed by atoms with van der Waals surface area (Å²) in [5.74, 6) is 0. The summed E-state index contributed by atoms with van der Waals surface area (Å²) in [4.78, 5) is 9.78. The lowest BCUT2D eigenvalue weighted by Crippen LogP contribution is -1.99. The lowest BCUT2D eigenvalue weighted by Gasteiger charge is -2.12. The van der Waals surface area contributed by atoms with Crippen molar-refractivity contribution in [2.24, 2.45) is 0 Å². The van der Waals surface area contributed by atoms with Gasteiger partial charge >= 0.3 is 7.82 Å². The van der Waals surface area contributed by atoms with Crippen molar-refractivity contribution in [2.45, 2.75) is 168 Å². The molecule has 0 heterocycles. The fraction of sp³-hybridized carbons (Fsp3) is 1.00. The summed E-state index contributed by atoms with van der Waals surface area (Å²) in [5.41, 5.74) is 0. The van der Waals surface area contributed by atoms with Crippen LogP contribution in [0.2, 0.25) is 0 Å². The molecular formula is C28H59O4P. The minimum Gasteiger partial charge on any atom is -0.302 e. The van der Waals surface area contributed by atoms with Gasteiger partial charge in [0, 0.05) is 0 Å². The average Bonchev–Trinajstić information content (AvgIpc) is 2.80. The first-order chi connectivity index (χ1) is 16.1. The third kappa shape index (κ3) is 28.2. The Kier molecular flexibility index (Phi) is 26.8. The van der Waals surface area contributed by atoms with Crippen LogP contribution >= 0.6 is 7.82 Å². The Morgan fingerprint density at radius 2 is 0.636 bits per heavy atom. The van der Waals surface area contributed by atoms with Crippen LogP contribution in [0, 0.1) is 0 Å². The SMILES string of the molecule is CCCCCCCCCCCCCCCOP(=O)(O)OCCCCCCCCCCCCC. The second-order valence-corrected chi connectivity index (χ2v) is 11.4. The zero-order chi connectivity index (χ0) is 24.3. The van der Waals surface area contributed by atoms with Crippen molar-refractivity contribution in [3.05, 3.63) is 0 Å². The van der Waals surface area contributed by atoms with E-state index in [0.29, 0.717) is 13.2 Å². The molecule has 1 unspecified atom stereocenters. The molecule has 0 aromatic heterocycles. The fourth-order valence-electron chi connectivity index (χ4n) is 4.28. The molecule has 0 rings (SSSR count). The highest BCUT2D eigenvalue weighted by Crippen LogP contribution is 2.43. The van der Waals surface area contributed by atoms with E-state index in [1.807, 2.05) is 0 Å². The Hall–Kier alpha value is 0.110. The summed E-state index contributed by atoms with van der Waals surface area (Å²) in [5, 5.41) is 0. The molecule has 5 heteroatoms. The molecule has 0 saturated heterocycles. The zero-order valence-electron chi connectivity index (χ0n) is 22.5. The van der Waals surface area contributed by atoms with Crippen molar-refractivity contribution in [2.75, 3.05) is 13.2 Å². The van der Waals surface area contributed by atoms with Gasteiger partial charge in [0.1, 0.15) is 0 Å². The van der Waals surface area contributed by atoms with E-state index in [-0.39, 0.29) is 0 Å². The molecule has 0 fully saturated rings. The predicted molar refractivity (Wildman–Crippen MR) is 144 cm³/mol. The summed E-state index contributed by atoms with van der Waals surface area (Å²) in [6.07, 6.45) is 30.6. The maximum atomic E-state index is 11.9. The van der Waals surface area contributed by atoms with Gasteiger partial charge in [-0.25, -0.2) is 4.57 Å². The molecule has 1 N–H and O–H groups in total. The number of rotatable bonds is 28. The third-order valence-electron chi connectivity index (χ3n) is 6.50. The standard InChI is InChI=1S/C28H59O4P/c1-3-5-7-9-11-13-15-16-18-20-22-24-26-28-32-33(29,30)31-27-25-23-21-19-17-14-12-10-8-6-4-2/h3-28H2,1-2H3,(H,29,30). The van der Waals surface area contributed by atoms with E-state index in [9.17, 15) is 9.46 Å². The first-order valence-corrected chi connectivity index (χ1v) is 16.2. The van der Waals surface area contributed by atoms with E-state index in [0.717, 1.165) is 25.7 Å². The Labute approximate surface area is 207 Å². The number of unbranched alkanes of at least 4 members (excludes halogenated alkanes) is 22. The van der Waals surface area contributed by atoms with E-state index >= 15 is 0 Å². The molecule has 0 aliphatic rings. The van der Waals surface area contributed by atoms with Crippen LogP contribution in [0.3, 0.4) is 0 Å². The van der Waals surface area contributed by atoms with Crippen LogP contribution < -0.4 is 0 Å². The minimum absolute atomic E-state index is 0.323. The van der Waals surface area contributed by atoms with Gasteiger partial charge in [-0.15, -0.1) is 0 Å². The maximum absolute atomic E-state index is 11.9. The number of hydrogen-bond acceptors (Lipinski definition) is 3. The molecule has 0 amide bonds. The maximum Gasteiger partial charge on any atom is 0.472 e. The molecule has 0 aromatic rings. The highest BCUT2D eigenvalue weighted by Gasteiger charge is 2.19. The number of phosphoric ester groups is 1. The second-order valence-electron chi connectivity index (χ2n) is 9.91. The van der Waals surface area contributed by atoms with Gasteiger partial charge in [-0.3, -0.25) is 9.05 Å². The second kappa shape index (κ2) is 26.7. The molecular weight excluding hydrogens is 431 g/mol. The van der Waals surface area contributed by atoms with Gasteiger partial charge in [-0.1, -0.05) is 155 Å². The van der Waals surface area contributed by atoms with Gasteiger partial charge in [0.2, 0.25) is 0 Å². The van der Waals surface area contributed by atoms with Gasteiger partial charge in [-0.05, 0) is 12.8 Å². The van der Waals surface area contributed by atoms with Gasteiger partial charge < -0.3 is 4.89 Å². The normalized spacial score (nSPS) is 13.4. The molecule has 0 aliphatic heterocycles. The van der Waals surface area contributed by atoms with Crippen LogP contribution in [0.5, 0.6) is 0 Å². The van der Waals surface area contributed by atoms with Crippen LogP contribution in [0.25, 0.3) is 0 Å². The Bertz CT molecular complexity index is 417. The Balaban J connectivity index is 3.29. The van der Waals surface area contributed by atoms with Crippen molar-refractivity contribution in [3.8, 4) is 0 Å². The molecule has 1 atom stereocenters. The highest BCUT2D eigenvalue weighted by atomic mass is 31.2. The van der Waals surface area contributed by atoms with E-state index in [1.54, 1.807) is 0 Å². The first kappa shape index (κ1) is 33.1. The van der Waals surface area contributed by atoms with E-state index in [1.165, 1.54) is 128 Å². The van der Waals surface area contributed by atoms with Crippen molar-refractivity contribution in [1.29, 1.82) is 0 Å². The Morgan fingerprint density at radius 3 is 0.879 bits per heavy atom. The van der Waals surface area contributed by atoms with Crippen molar-refractivity contribution >= 4 is 7.82 Å². The molecule has 0 bridgehead atoms. The molecule has 0 spiro atoms. The quantitative estimate of drug-likeness (QED) is 0.0875. The lowest BCUT2D eigenvalue weighted by atomic mass is 10.0. The highest BCUT2D eigenvalue weighted by molar-refractivity contribution is 7.47.